The number of aliphatic hydroxyl groups is 1. The number of aliphatic carboxylic acids is 1. The first-order valence-corrected chi connectivity index (χ1v) is 17.8. The minimum absolute atomic E-state index is 0.0258. The van der Waals surface area contributed by atoms with Gasteiger partial charge in [0.1, 0.15) is 12.4 Å². The van der Waals surface area contributed by atoms with Crippen LogP contribution >= 0.6 is 0 Å². The summed E-state index contributed by atoms with van der Waals surface area (Å²) in [6.07, 6.45) is 5.61. The fourth-order valence-corrected chi connectivity index (χ4v) is 9.23. The molecule has 3 aliphatic carbocycles. The summed E-state index contributed by atoms with van der Waals surface area (Å²) < 4.78 is 6.10. The predicted octanol–water partition coefficient (Wildman–Crippen LogP) is 5.53. The highest BCUT2D eigenvalue weighted by atomic mass is 16.5. The second-order valence-electron chi connectivity index (χ2n) is 13.9. The summed E-state index contributed by atoms with van der Waals surface area (Å²) in [4.78, 5) is 70.7. The normalized spacial score (nSPS) is 26.9. The Labute approximate surface area is 296 Å². The van der Waals surface area contributed by atoms with Crippen LogP contribution in [0.4, 0.5) is 0 Å². The van der Waals surface area contributed by atoms with Gasteiger partial charge in [-0.15, -0.1) is 0 Å². The van der Waals surface area contributed by atoms with Crippen LogP contribution in [0.25, 0.3) is 5.57 Å². The zero-order valence-corrected chi connectivity index (χ0v) is 28.3. The number of unbranched alkanes of at least 4 members (excludes halogenated alkanes) is 2. The Hall–Kier alpha value is -5.15. The molecule has 1 saturated heterocycles. The van der Waals surface area contributed by atoms with Gasteiger partial charge in [-0.25, -0.2) is 0 Å². The Bertz CT molecular complexity index is 1920. The van der Waals surface area contributed by atoms with E-state index in [9.17, 15) is 19.5 Å². The van der Waals surface area contributed by atoms with Crippen LogP contribution in [-0.4, -0.2) is 64.2 Å². The van der Waals surface area contributed by atoms with Crippen molar-refractivity contribution in [3.63, 3.8) is 0 Å². The minimum atomic E-state index is -1.38. The van der Waals surface area contributed by atoms with Gasteiger partial charge in [0.15, 0.2) is 11.6 Å². The van der Waals surface area contributed by atoms with Crippen molar-refractivity contribution in [3.8, 4) is 5.75 Å². The van der Waals surface area contributed by atoms with E-state index >= 15 is 9.59 Å². The summed E-state index contributed by atoms with van der Waals surface area (Å²) >= 11 is 0. The van der Waals surface area contributed by atoms with E-state index in [1.165, 1.54) is 11.0 Å². The summed E-state index contributed by atoms with van der Waals surface area (Å²) in [7, 11) is 0. The molecule has 2 amide bonds. The van der Waals surface area contributed by atoms with Gasteiger partial charge in [-0.1, -0.05) is 96.9 Å². The number of Topliss-reactive ketones (excluding diaryl/α,β-unsaturated/α-hetero) is 1. The molecule has 0 aromatic heterocycles. The Morgan fingerprint density at radius 1 is 0.843 bits per heavy atom. The third-order valence-corrected chi connectivity index (χ3v) is 11.3. The lowest BCUT2D eigenvalue weighted by atomic mass is 9.44. The molecule has 0 bridgehead atoms. The minimum Gasteiger partial charge on any atom is -0.491 e. The monoisotopic (exact) mass is 687 g/mol. The average Bonchev–Trinajstić information content (AvgIpc) is 3.40. The lowest BCUT2D eigenvalue weighted by Crippen LogP contribution is -2.58. The topological polar surface area (TPSA) is 138 Å². The van der Waals surface area contributed by atoms with E-state index in [-0.39, 0.29) is 56.0 Å². The first kappa shape index (κ1) is 34.3. The molecule has 51 heavy (non-hydrogen) atoms. The third kappa shape index (κ3) is 5.83. The van der Waals surface area contributed by atoms with E-state index < -0.39 is 41.0 Å². The number of carbonyl (C=O) groups excluding carboxylic acids is 4. The fraction of sp³-hybridized carbons (Fsp3) is 0.357. The maximum Gasteiger partial charge on any atom is 0.303 e. The molecule has 2 fully saturated rings. The molecular formula is C42H41NO8. The van der Waals surface area contributed by atoms with Gasteiger partial charge in [-0.2, -0.15) is 0 Å². The van der Waals surface area contributed by atoms with Gasteiger partial charge in [0.05, 0.1) is 23.9 Å². The number of nitrogens with zero attached hydrogens (tertiary/aromatic N) is 1. The molecule has 262 valence electrons. The van der Waals surface area contributed by atoms with Crippen molar-refractivity contribution in [2.75, 3.05) is 19.8 Å². The molecular weight excluding hydrogens is 646 g/mol. The number of rotatable bonds is 12. The number of likely N-dealkylation sites (tertiary alicyclic amines) is 1. The van der Waals surface area contributed by atoms with Crippen molar-refractivity contribution < 1.29 is 38.9 Å². The quantitative estimate of drug-likeness (QED) is 0.144. The predicted molar refractivity (Wildman–Crippen MR) is 188 cm³/mol. The van der Waals surface area contributed by atoms with E-state index in [1.807, 2.05) is 84.9 Å². The average molecular weight is 688 g/mol. The largest absolute Gasteiger partial charge is 0.491 e. The van der Waals surface area contributed by atoms with Gasteiger partial charge in [0.25, 0.3) is 0 Å². The number of aliphatic hydroxyl groups excluding tert-OH is 1. The number of carbonyl (C=O) groups is 5. The Morgan fingerprint density at radius 3 is 2.27 bits per heavy atom. The molecule has 6 atom stereocenters. The maximum atomic E-state index is 15.2. The van der Waals surface area contributed by atoms with Gasteiger partial charge >= 0.3 is 5.97 Å². The van der Waals surface area contributed by atoms with Gasteiger partial charge in [-0.05, 0) is 54.9 Å². The van der Waals surface area contributed by atoms with Crippen LogP contribution in [-0.2, 0) is 29.4 Å². The number of ketones is 2. The second-order valence-corrected chi connectivity index (χ2v) is 13.9. The number of amides is 2. The van der Waals surface area contributed by atoms with E-state index in [2.05, 4.69) is 0 Å². The number of carboxylic acid groups (broad SMARTS) is 1. The molecule has 0 unspecified atom stereocenters. The van der Waals surface area contributed by atoms with Crippen molar-refractivity contribution in [3.05, 3.63) is 119 Å². The highest BCUT2D eigenvalue weighted by Crippen LogP contribution is 2.64. The third-order valence-electron chi connectivity index (χ3n) is 11.3. The SMILES string of the molecule is O=C(O)CCCCCN1C(=O)[C@H]2[C@H](CC=C3[C@H]2C[C@H]2C(=O)C(c4ccccc4)=CC(=O)[C@@]2(c2ccccc2)[C@H]3c2ccccc2OCCO)C1=O. The van der Waals surface area contributed by atoms with E-state index in [0.29, 0.717) is 53.7 Å². The van der Waals surface area contributed by atoms with Crippen LogP contribution in [0.2, 0.25) is 0 Å². The number of benzene rings is 3. The molecule has 7 rings (SSSR count). The second kappa shape index (κ2) is 14.2. The number of fused-ring (bicyclic) bond motifs is 4. The Kier molecular flexibility index (Phi) is 9.57. The fourth-order valence-electron chi connectivity index (χ4n) is 9.23. The molecule has 3 aromatic rings. The molecule has 0 spiro atoms. The van der Waals surface area contributed by atoms with E-state index in [0.717, 1.165) is 5.57 Å². The molecule has 3 aromatic carbocycles. The first-order valence-electron chi connectivity index (χ1n) is 17.8. The zero-order chi connectivity index (χ0) is 35.7. The van der Waals surface area contributed by atoms with Gasteiger partial charge in [0.2, 0.25) is 11.8 Å². The molecule has 2 N–H and O–H groups in total. The van der Waals surface area contributed by atoms with Crippen molar-refractivity contribution in [1.82, 2.24) is 4.90 Å². The van der Waals surface area contributed by atoms with Gasteiger partial charge < -0.3 is 14.9 Å². The van der Waals surface area contributed by atoms with E-state index in [4.69, 9.17) is 9.84 Å². The van der Waals surface area contributed by atoms with Crippen LogP contribution in [0.5, 0.6) is 5.75 Å². The first-order chi connectivity index (χ1) is 24.8. The number of para-hydroxylation sites is 1. The number of carboxylic acids is 1. The lowest BCUT2D eigenvalue weighted by molar-refractivity contribution is -0.141. The van der Waals surface area contributed by atoms with Gasteiger partial charge in [-0.3, -0.25) is 28.9 Å². The van der Waals surface area contributed by atoms with Crippen LogP contribution < -0.4 is 4.74 Å². The summed E-state index contributed by atoms with van der Waals surface area (Å²) in [6, 6.07) is 25.9. The van der Waals surface area contributed by atoms with Crippen LogP contribution in [0.3, 0.4) is 0 Å². The number of imide groups is 1. The Balaban J connectivity index is 1.38. The molecule has 0 radical (unpaired) electrons. The van der Waals surface area contributed by atoms with E-state index in [1.54, 1.807) is 6.07 Å². The molecule has 1 aliphatic heterocycles. The number of allylic oxidation sites excluding steroid dienone is 4. The highest BCUT2D eigenvalue weighted by molar-refractivity contribution is 6.31. The number of hydrogen-bond donors (Lipinski definition) is 2. The maximum absolute atomic E-state index is 15.2. The summed E-state index contributed by atoms with van der Waals surface area (Å²) in [5.74, 6) is -4.67. The molecule has 1 heterocycles. The molecule has 9 nitrogen and oxygen atoms in total. The Morgan fingerprint density at radius 2 is 1.55 bits per heavy atom. The molecule has 4 aliphatic rings. The molecule has 9 heteroatoms. The number of ether oxygens (including phenoxy) is 1. The molecule has 1 saturated carbocycles. The smallest absolute Gasteiger partial charge is 0.303 e. The summed E-state index contributed by atoms with van der Waals surface area (Å²) in [5.41, 5.74) is 1.82. The summed E-state index contributed by atoms with van der Waals surface area (Å²) in [5, 5.41) is 18.7. The highest BCUT2D eigenvalue weighted by Gasteiger charge is 2.66. The standard InChI is InChI=1S/C42H41NO8/c44-22-23-51-34-17-10-9-16-29(34)38-28-19-20-30-37(41(50)43(40(30)49)21-11-3-8-18-36(46)47)32(28)24-33-39(48)31(26-12-4-1-5-13-26)25-35(45)42(33,38)27-14-6-2-7-15-27/h1-2,4-7,9-10,12-17,19,25,30,32-33,37-38,44H,3,8,11,18,20-24H2,(H,46,47)/t30-,32+,33-,37-,38+,42-/m0/s1. The van der Waals surface area contributed by atoms with Crippen molar-refractivity contribution in [1.29, 1.82) is 0 Å². The summed E-state index contributed by atoms with van der Waals surface area (Å²) in [6.45, 7) is 0.0190. The van der Waals surface area contributed by atoms with Crippen molar-refractivity contribution in [2.45, 2.75) is 49.9 Å². The van der Waals surface area contributed by atoms with Crippen molar-refractivity contribution >= 4 is 34.9 Å². The van der Waals surface area contributed by atoms with Crippen LogP contribution in [0, 0.1) is 23.7 Å². The zero-order valence-electron chi connectivity index (χ0n) is 28.3. The van der Waals surface area contributed by atoms with Crippen molar-refractivity contribution in [2.24, 2.45) is 23.7 Å². The van der Waals surface area contributed by atoms with Crippen LogP contribution in [0.15, 0.2) is 103 Å². The lowest BCUT2D eigenvalue weighted by Gasteiger charge is -2.55. The van der Waals surface area contributed by atoms with Crippen LogP contribution in [0.1, 0.15) is 61.1 Å². The number of hydrogen-bond acceptors (Lipinski definition) is 7. The van der Waals surface area contributed by atoms with Gasteiger partial charge in [0, 0.05) is 35.9 Å².